The van der Waals surface area contributed by atoms with Crippen LogP contribution in [0.2, 0.25) is 0 Å². The molecule has 0 atom stereocenters. The molecule has 0 aliphatic rings. The Labute approximate surface area is 162 Å². The summed E-state index contributed by atoms with van der Waals surface area (Å²) in [4.78, 5) is 0. The van der Waals surface area contributed by atoms with Gasteiger partial charge in [-0.15, -0.1) is 0 Å². The maximum atomic E-state index is 13.3. The van der Waals surface area contributed by atoms with E-state index in [-0.39, 0.29) is 5.82 Å². The zero-order valence-corrected chi connectivity index (χ0v) is 16.2. The van der Waals surface area contributed by atoms with Gasteiger partial charge in [-0.1, -0.05) is 47.1 Å². The summed E-state index contributed by atoms with van der Waals surface area (Å²) in [6.45, 7) is 3.12. The smallest absolute Gasteiger partial charge is 0.124 e. The number of benzene rings is 3. The first-order chi connectivity index (χ1) is 12.6. The summed E-state index contributed by atoms with van der Waals surface area (Å²) in [6, 6.07) is 20.8. The lowest BCUT2D eigenvalue weighted by atomic mass is 10.1. The van der Waals surface area contributed by atoms with Crippen LogP contribution in [0.3, 0.4) is 0 Å². The van der Waals surface area contributed by atoms with Crippen LogP contribution in [0.5, 0.6) is 5.75 Å². The lowest BCUT2D eigenvalue weighted by Crippen LogP contribution is -2.04. The predicted octanol–water partition coefficient (Wildman–Crippen LogP) is 6.34. The molecule has 0 fully saturated rings. The molecule has 0 bridgehead atoms. The first kappa shape index (κ1) is 18.5. The van der Waals surface area contributed by atoms with Gasteiger partial charge in [-0.25, -0.2) is 4.39 Å². The van der Waals surface area contributed by atoms with Crippen molar-refractivity contribution in [2.45, 2.75) is 26.5 Å². The van der Waals surface area contributed by atoms with Crippen molar-refractivity contribution < 1.29 is 9.13 Å². The third-order valence-corrected chi connectivity index (χ3v) is 4.64. The minimum absolute atomic E-state index is 0.251. The topological polar surface area (TPSA) is 21.3 Å². The molecule has 3 aromatic carbocycles. The van der Waals surface area contributed by atoms with Crippen LogP contribution < -0.4 is 10.1 Å². The third kappa shape index (κ3) is 5.09. The summed E-state index contributed by atoms with van der Waals surface area (Å²) in [5.74, 6) is 0.537. The van der Waals surface area contributed by atoms with Crippen molar-refractivity contribution in [1.29, 1.82) is 0 Å². The average Bonchev–Trinajstić information content (AvgIpc) is 2.66. The van der Waals surface area contributed by atoms with Gasteiger partial charge in [0.1, 0.15) is 18.2 Å². The molecule has 1 N–H and O–H groups in total. The van der Waals surface area contributed by atoms with Crippen molar-refractivity contribution in [3.8, 4) is 5.75 Å². The fourth-order valence-electron chi connectivity index (χ4n) is 2.67. The lowest BCUT2D eigenvalue weighted by Gasteiger charge is -2.14. The van der Waals surface area contributed by atoms with Gasteiger partial charge >= 0.3 is 0 Å². The van der Waals surface area contributed by atoms with Gasteiger partial charge in [0.15, 0.2) is 0 Å². The van der Waals surface area contributed by atoms with Gasteiger partial charge in [0, 0.05) is 22.3 Å². The van der Waals surface area contributed by atoms with E-state index >= 15 is 0 Å². The van der Waals surface area contributed by atoms with E-state index < -0.39 is 0 Å². The second-order valence-electron chi connectivity index (χ2n) is 6.07. The molecular weight excluding hydrogens is 393 g/mol. The van der Waals surface area contributed by atoms with E-state index in [0.717, 1.165) is 33.5 Å². The molecule has 0 radical (unpaired) electrons. The van der Waals surface area contributed by atoms with E-state index in [2.05, 4.69) is 52.4 Å². The number of hydrogen-bond donors (Lipinski definition) is 1. The molecule has 134 valence electrons. The van der Waals surface area contributed by atoms with Crippen LogP contribution in [-0.2, 0) is 19.6 Å². The molecule has 0 unspecified atom stereocenters. The van der Waals surface area contributed by atoms with Gasteiger partial charge in [-0.3, -0.25) is 0 Å². The van der Waals surface area contributed by atoms with Crippen LogP contribution in [0.1, 0.15) is 23.6 Å². The molecule has 0 saturated heterocycles. The third-order valence-electron chi connectivity index (χ3n) is 4.15. The fraction of sp³-hybridized carbons (Fsp3) is 0.182. The largest absolute Gasteiger partial charge is 0.489 e. The summed E-state index contributed by atoms with van der Waals surface area (Å²) < 4.78 is 20.2. The minimum atomic E-state index is -0.251. The van der Waals surface area contributed by atoms with E-state index in [0.29, 0.717) is 13.2 Å². The average molecular weight is 414 g/mol. The van der Waals surface area contributed by atoms with Gasteiger partial charge in [-0.05, 0) is 60.0 Å². The van der Waals surface area contributed by atoms with Gasteiger partial charge in [0.05, 0.1) is 0 Å². The van der Waals surface area contributed by atoms with Crippen LogP contribution in [0.15, 0.2) is 71.2 Å². The van der Waals surface area contributed by atoms with Crippen molar-refractivity contribution >= 4 is 21.6 Å². The number of nitrogens with one attached hydrogen (secondary N) is 1. The second kappa shape index (κ2) is 8.86. The van der Waals surface area contributed by atoms with Crippen LogP contribution in [0.25, 0.3) is 0 Å². The Morgan fingerprint density at radius 1 is 0.962 bits per heavy atom. The summed E-state index contributed by atoms with van der Waals surface area (Å²) in [5, 5.41) is 3.43. The Morgan fingerprint density at radius 2 is 1.77 bits per heavy atom. The second-order valence-corrected chi connectivity index (χ2v) is 6.99. The van der Waals surface area contributed by atoms with Crippen molar-refractivity contribution in [2.75, 3.05) is 5.32 Å². The molecule has 0 saturated carbocycles. The van der Waals surface area contributed by atoms with Gasteiger partial charge in [0.2, 0.25) is 0 Å². The zero-order valence-electron chi connectivity index (χ0n) is 14.6. The molecule has 26 heavy (non-hydrogen) atoms. The highest BCUT2D eigenvalue weighted by atomic mass is 79.9. The first-order valence-electron chi connectivity index (χ1n) is 8.62. The number of hydrogen-bond acceptors (Lipinski definition) is 2. The Balaban J connectivity index is 1.68. The molecule has 3 rings (SSSR count). The summed E-state index contributed by atoms with van der Waals surface area (Å²) in [5.41, 5.74) is 4.23. The number of ether oxygens (including phenoxy) is 1. The molecule has 0 amide bonds. The number of aryl methyl sites for hydroxylation is 1. The monoisotopic (exact) mass is 413 g/mol. The summed E-state index contributed by atoms with van der Waals surface area (Å²) in [7, 11) is 0. The Morgan fingerprint density at radius 3 is 2.50 bits per heavy atom. The van der Waals surface area contributed by atoms with Crippen molar-refractivity contribution in [3.05, 3.63) is 93.7 Å². The van der Waals surface area contributed by atoms with Gasteiger partial charge in [-0.2, -0.15) is 0 Å². The number of halogens is 2. The highest BCUT2D eigenvalue weighted by molar-refractivity contribution is 9.10. The standard InChI is InChI=1S/C22H21BrFNO/c1-2-16-6-9-21(10-7-16)25-14-18-13-19(23)8-11-22(18)26-15-17-4-3-5-20(24)12-17/h3-13,25H,2,14-15H2,1H3. The maximum Gasteiger partial charge on any atom is 0.124 e. The summed E-state index contributed by atoms with van der Waals surface area (Å²) in [6.07, 6.45) is 1.03. The normalized spacial score (nSPS) is 10.6. The van der Waals surface area contributed by atoms with Crippen molar-refractivity contribution in [1.82, 2.24) is 0 Å². The van der Waals surface area contributed by atoms with Crippen LogP contribution in [0.4, 0.5) is 10.1 Å². The Hall–Kier alpha value is -2.33. The van der Waals surface area contributed by atoms with E-state index in [1.807, 2.05) is 24.3 Å². The van der Waals surface area contributed by atoms with E-state index in [4.69, 9.17) is 4.74 Å². The molecule has 0 aromatic heterocycles. The Kier molecular flexibility index (Phi) is 6.29. The molecule has 2 nitrogen and oxygen atoms in total. The fourth-order valence-corrected chi connectivity index (χ4v) is 3.08. The van der Waals surface area contributed by atoms with Gasteiger partial charge in [0.25, 0.3) is 0 Å². The molecule has 0 aliphatic heterocycles. The maximum absolute atomic E-state index is 13.3. The van der Waals surface area contributed by atoms with Crippen molar-refractivity contribution in [3.63, 3.8) is 0 Å². The Bertz CT molecular complexity index is 864. The quantitative estimate of drug-likeness (QED) is 0.487. The predicted molar refractivity (Wildman–Crippen MR) is 108 cm³/mol. The van der Waals surface area contributed by atoms with E-state index in [1.165, 1.54) is 17.7 Å². The minimum Gasteiger partial charge on any atom is -0.489 e. The van der Waals surface area contributed by atoms with E-state index in [9.17, 15) is 4.39 Å². The molecule has 0 heterocycles. The lowest BCUT2D eigenvalue weighted by molar-refractivity contribution is 0.302. The van der Waals surface area contributed by atoms with E-state index in [1.54, 1.807) is 6.07 Å². The molecule has 0 aliphatic carbocycles. The van der Waals surface area contributed by atoms with Crippen LogP contribution in [0, 0.1) is 5.82 Å². The van der Waals surface area contributed by atoms with Gasteiger partial charge < -0.3 is 10.1 Å². The zero-order chi connectivity index (χ0) is 18.4. The van der Waals surface area contributed by atoms with Crippen molar-refractivity contribution in [2.24, 2.45) is 0 Å². The SMILES string of the molecule is CCc1ccc(NCc2cc(Br)ccc2OCc2cccc(F)c2)cc1. The highest BCUT2D eigenvalue weighted by Gasteiger charge is 2.06. The van der Waals surface area contributed by atoms with Crippen LogP contribution in [-0.4, -0.2) is 0 Å². The molecule has 3 aromatic rings. The number of anilines is 1. The van der Waals surface area contributed by atoms with Crippen LogP contribution >= 0.6 is 15.9 Å². The number of rotatable bonds is 7. The molecule has 0 spiro atoms. The molecule has 4 heteroatoms. The highest BCUT2D eigenvalue weighted by Crippen LogP contribution is 2.25. The molecular formula is C22H21BrFNO. The first-order valence-corrected chi connectivity index (χ1v) is 9.42. The summed E-state index contributed by atoms with van der Waals surface area (Å²) >= 11 is 3.51.